The molecule has 0 fully saturated rings. The molecule has 0 radical (unpaired) electrons. The van der Waals surface area contributed by atoms with Crippen LogP contribution in [0.15, 0.2) is 47.1 Å². The summed E-state index contributed by atoms with van der Waals surface area (Å²) in [7, 11) is 0. The molecular weight excluding hydrogens is 267 g/mol. The molecule has 0 aliphatic heterocycles. The zero-order valence-electron chi connectivity index (χ0n) is 11.2. The van der Waals surface area contributed by atoms with E-state index >= 15 is 0 Å². The summed E-state index contributed by atoms with van der Waals surface area (Å²) in [5.41, 5.74) is 0.170. The number of rotatable bonds is 4. The Morgan fingerprint density at radius 1 is 1.00 bits per heavy atom. The van der Waals surface area contributed by atoms with Crippen LogP contribution < -0.4 is 5.32 Å². The van der Waals surface area contributed by atoms with E-state index in [4.69, 9.17) is 4.42 Å². The van der Waals surface area contributed by atoms with Gasteiger partial charge in [0, 0.05) is 6.04 Å². The maximum absolute atomic E-state index is 12.5. The van der Waals surface area contributed by atoms with Crippen molar-refractivity contribution in [2.45, 2.75) is 32.1 Å². The maximum atomic E-state index is 12.5. The first-order valence-corrected chi connectivity index (χ1v) is 6.34. The molecule has 2 nitrogen and oxygen atoms in total. The number of alkyl halides is 3. The van der Waals surface area contributed by atoms with Gasteiger partial charge in [-0.05, 0) is 43.7 Å². The molecule has 1 heterocycles. The van der Waals surface area contributed by atoms with E-state index in [2.05, 4.69) is 5.32 Å². The molecule has 0 aliphatic rings. The highest BCUT2D eigenvalue weighted by Crippen LogP contribution is 2.30. The number of furan rings is 1. The third-order valence-electron chi connectivity index (χ3n) is 3.21. The van der Waals surface area contributed by atoms with Gasteiger partial charge in [0.05, 0.1) is 17.9 Å². The van der Waals surface area contributed by atoms with E-state index in [0.29, 0.717) is 0 Å². The largest absolute Gasteiger partial charge is 0.468 e. The summed E-state index contributed by atoms with van der Waals surface area (Å²) in [6, 6.07) is 8.77. The molecule has 0 aliphatic carbocycles. The third-order valence-corrected chi connectivity index (χ3v) is 3.21. The minimum absolute atomic E-state index is 0.0118. The van der Waals surface area contributed by atoms with E-state index in [-0.39, 0.29) is 12.1 Å². The first kappa shape index (κ1) is 14.7. The maximum Gasteiger partial charge on any atom is 0.416 e. The Kier molecular flexibility index (Phi) is 4.18. The summed E-state index contributed by atoms with van der Waals surface area (Å²) in [5, 5.41) is 3.28. The van der Waals surface area contributed by atoms with Crippen molar-refractivity contribution in [2.75, 3.05) is 0 Å². The van der Waals surface area contributed by atoms with E-state index in [0.717, 1.165) is 23.5 Å². The number of halogens is 3. The highest BCUT2D eigenvalue weighted by Gasteiger charge is 2.30. The summed E-state index contributed by atoms with van der Waals surface area (Å²) in [6.07, 6.45) is -2.70. The lowest BCUT2D eigenvalue weighted by molar-refractivity contribution is -0.137. The third kappa shape index (κ3) is 3.42. The van der Waals surface area contributed by atoms with Gasteiger partial charge in [-0.2, -0.15) is 13.2 Å². The minimum atomic E-state index is -4.29. The van der Waals surface area contributed by atoms with Crippen molar-refractivity contribution >= 4 is 0 Å². The fraction of sp³-hybridized carbons (Fsp3) is 0.333. The molecule has 108 valence electrons. The minimum Gasteiger partial charge on any atom is -0.468 e. The van der Waals surface area contributed by atoms with Crippen LogP contribution in [0.25, 0.3) is 0 Å². The van der Waals surface area contributed by atoms with Crippen molar-refractivity contribution in [3.63, 3.8) is 0 Å². The predicted molar refractivity (Wildman–Crippen MR) is 70.1 cm³/mol. The van der Waals surface area contributed by atoms with Crippen LogP contribution in [0.1, 0.15) is 42.8 Å². The van der Waals surface area contributed by atoms with Gasteiger partial charge in [0.25, 0.3) is 0 Å². The monoisotopic (exact) mass is 283 g/mol. The van der Waals surface area contributed by atoms with Crippen molar-refractivity contribution in [3.05, 3.63) is 59.5 Å². The smallest absolute Gasteiger partial charge is 0.416 e. The second kappa shape index (κ2) is 5.71. The Labute approximate surface area is 115 Å². The zero-order chi connectivity index (χ0) is 14.8. The Bertz CT molecular complexity index is 531. The first-order valence-electron chi connectivity index (χ1n) is 6.34. The van der Waals surface area contributed by atoms with Crippen LogP contribution in [0.2, 0.25) is 0 Å². The molecule has 2 atom stereocenters. The molecule has 1 aromatic carbocycles. The first-order chi connectivity index (χ1) is 9.38. The van der Waals surface area contributed by atoms with Gasteiger partial charge in [0.1, 0.15) is 5.76 Å². The topological polar surface area (TPSA) is 25.2 Å². The second-order valence-electron chi connectivity index (χ2n) is 4.75. The van der Waals surface area contributed by atoms with Crippen LogP contribution in [-0.2, 0) is 6.18 Å². The van der Waals surface area contributed by atoms with Crippen LogP contribution in [0.4, 0.5) is 13.2 Å². The van der Waals surface area contributed by atoms with Gasteiger partial charge >= 0.3 is 6.18 Å². The van der Waals surface area contributed by atoms with Gasteiger partial charge in [-0.25, -0.2) is 0 Å². The van der Waals surface area contributed by atoms with Crippen LogP contribution in [-0.4, -0.2) is 0 Å². The molecule has 1 aromatic heterocycles. The van der Waals surface area contributed by atoms with E-state index in [1.54, 1.807) is 12.3 Å². The SMILES string of the molecule is CC(N[C@@H](C)c1ccco1)c1ccc(C(F)(F)F)cc1. The Morgan fingerprint density at radius 2 is 1.65 bits per heavy atom. The lowest BCUT2D eigenvalue weighted by Gasteiger charge is -2.19. The van der Waals surface area contributed by atoms with E-state index < -0.39 is 11.7 Å². The predicted octanol–water partition coefficient (Wildman–Crippen LogP) is 4.71. The van der Waals surface area contributed by atoms with Gasteiger partial charge in [-0.15, -0.1) is 0 Å². The molecule has 0 spiro atoms. The van der Waals surface area contributed by atoms with Gasteiger partial charge in [-0.3, -0.25) is 0 Å². The lowest BCUT2D eigenvalue weighted by atomic mass is 10.0. The summed E-state index contributed by atoms with van der Waals surface area (Å²) < 4.78 is 42.8. The highest BCUT2D eigenvalue weighted by molar-refractivity contribution is 5.26. The Hall–Kier alpha value is -1.75. The van der Waals surface area contributed by atoms with E-state index in [1.807, 2.05) is 19.9 Å². The number of hydrogen-bond acceptors (Lipinski definition) is 2. The van der Waals surface area contributed by atoms with Crippen LogP contribution >= 0.6 is 0 Å². The van der Waals surface area contributed by atoms with E-state index in [9.17, 15) is 13.2 Å². The van der Waals surface area contributed by atoms with Crippen LogP contribution in [0.3, 0.4) is 0 Å². The molecule has 0 amide bonds. The molecule has 2 rings (SSSR count). The fourth-order valence-corrected chi connectivity index (χ4v) is 2.05. The van der Waals surface area contributed by atoms with Crippen molar-refractivity contribution in [1.29, 1.82) is 0 Å². The van der Waals surface area contributed by atoms with Crippen molar-refractivity contribution in [2.24, 2.45) is 0 Å². The molecule has 1 unspecified atom stereocenters. The average Bonchev–Trinajstić information content (AvgIpc) is 2.91. The van der Waals surface area contributed by atoms with Crippen LogP contribution in [0, 0.1) is 0 Å². The van der Waals surface area contributed by atoms with Crippen molar-refractivity contribution in [1.82, 2.24) is 5.32 Å². The Morgan fingerprint density at radius 3 is 2.15 bits per heavy atom. The normalized spacial score (nSPS) is 15.1. The summed E-state index contributed by atoms with van der Waals surface area (Å²) in [6.45, 7) is 3.85. The summed E-state index contributed by atoms with van der Waals surface area (Å²) >= 11 is 0. The molecular formula is C15H16F3NO. The molecule has 0 saturated heterocycles. The quantitative estimate of drug-likeness (QED) is 0.879. The average molecular weight is 283 g/mol. The molecule has 2 aromatic rings. The highest BCUT2D eigenvalue weighted by atomic mass is 19.4. The summed E-state index contributed by atoms with van der Waals surface area (Å²) in [5.74, 6) is 0.795. The second-order valence-corrected chi connectivity index (χ2v) is 4.75. The fourth-order valence-electron chi connectivity index (χ4n) is 2.05. The number of benzene rings is 1. The molecule has 1 N–H and O–H groups in total. The molecule has 20 heavy (non-hydrogen) atoms. The van der Waals surface area contributed by atoms with Gasteiger partial charge in [-0.1, -0.05) is 12.1 Å². The van der Waals surface area contributed by atoms with Gasteiger partial charge < -0.3 is 9.73 Å². The van der Waals surface area contributed by atoms with Gasteiger partial charge in [0.2, 0.25) is 0 Å². The van der Waals surface area contributed by atoms with Crippen molar-refractivity contribution in [3.8, 4) is 0 Å². The van der Waals surface area contributed by atoms with Gasteiger partial charge in [0.15, 0.2) is 0 Å². The standard InChI is InChI=1S/C15H16F3NO/c1-10(19-11(2)14-4-3-9-20-14)12-5-7-13(8-6-12)15(16,17)18/h3-11,19H,1-2H3/t10?,11-/m0/s1. The Balaban J connectivity index is 2.04. The van der Waals surface area contributed by atoms with E-state index in [1.165, 1.54) is 12.1 Å². The van der Waals surface area contributed by atoms with Crippen molar-refractivity contribution < 1.29 is 17.6 Å². The summed E-state index contributed by atoms with van der Waals surface area (Å²) in [4.78, 5) is 0. The molecule has 5 heteroatoms. The number of hydrogen-bond donors (Lipinski definition) is 1. The number of nitrogens with one attached hydrogen (secondary N) is 1. The van der Waals surface area contributed by atoms with Crippen LogP contribution in [0.5, 0.6) is 0 Å². The zero-order valence-corrected chi connectivity index (χ0v) is 11.2. The lowest BCUT2D eigenvalue weighted by Crippen LogP contribution is -2.22. The molecule has 0 saturated carbocycles. The molecule has 0 bridgehead atoms.